The molecule has 0 unspecified atom stereocenters. The Labute approximate surface area is 114 Å². The van der Waals surface area contributed by atoms with E-state index in [1.807, 2.05) is 0 Å². The van der Waals surface area contributed by atoms with Crippen molar-refractivity contribution in [1.29, 1.82) is 0 Å². The lowest BCUT2D eigenvalue weighted by Crippen LogP contribution is -2.32. The summed E-state index contributed by atoms with van der Waals surface area (Å²) in [6.45, 7) is 1.49. The number of halogens is 4. The van der Waals surface area contributed by atoms with Crippen LogP contribution in [0.4, 0.5) is 17.6 Å². The van der Waals surface area contributed by atoms with Crippen LogP contribution in [0.5, 0.6) is 5.75 Å². The maximum absolute atomic E-state index is 13.7. The van der Waals surface area contributed by atoms with Gasteiger partial charge in [0.2, 0.25) is 0 Å². The molecule has 0 aliphatic carbocycles. The van der Waals surface area contributed by atoms with Crippen molar-refractivity contribution in [3.8, 4) is 5.75 Å². The number of ether oxygens (including phenoxy) is 1. The first kappa shape index (κ1) is 14.4. The van der Waals surface area contributed by atoms with E-state index in [-0.39, 0.29) is 29.5 Å². The second-order valence-corrected chi connectivity index (χ2v) is 4.45. The summed E-state index contributed by atoms with van der Waals surface area (Å²) in [6, 6.07) is 3.91. The third-order valence-corrected chi connectivity index (χ3v) is 3.03. The third kappa shape index (κ3) is 2.79. The van der Waals surface area contributed by atoms with E-state index in [9.17, 15) is 17.6 Å². The fourth-order valence-electron chi connectivity index (χ4n) is 1.92. The van der Waals surface area contributed by atoms with Crippen LogP contribution >= 0.6 is 0 Å². The Morgan fingerprint density at radius 1 is 0.800 bits per heavy atom. The SMILES string of the molecule is COc1cc(Bc2cc(C)c(F)cc2F)c(F)cc1F. The van der Waals surface area contributed by atoms with Gasteiger partial charge in [-0.05, 0) is 29.5 Å². The van der Waals surface area contributed by atoms with Crippen LogP contribution in [0, 0.1) is 30.2 Å². The highest BCUT2D eigenvalue weighted by atomic mass is 19.1. The van der Waals surface area contributed by atoms with Gasteiger partial charge in [-0.2, -0.15) is 0 Å². The van der Waals surface area contributed by atoms with E-state index >= 15 is 0 Å². The molecule has 0 spiro atoms. The van der Waals surface area contributed by atoms with E-state index in [1.165, 1.54) is 26.2 Å². The zero-order chi connectivity index (χ0) is 14.9. The van der Waals surface area contributed by atoms with E-state index in [2.05, 4.69) is 0 Å². The Bertz CT molecular complexity index is 658. The molecule has 1 nitrogen and oxygen atoms in total. The second-order valence-electron chi connectivity index (χ2n) is 4.45. The molecule has 0 aromatic heterocycles. The number of methoxy groups -OCH3 is 1. The van der Waals surface area contributed by atoms with E-state index in [1.54, 1.807) is 0 Å². The largest absolute Gasteiger partial charge is 0.494 e. The Morgan fingerprint density at radius 3 is 1.95 bits per heavy atom. The average Bonchev–Trinajstić information content (AvgIpc) is 2.38. The molecule has 104 valence electrons. The number of hydrogen-bond donors (Lipinski definition) is 0. The molecule has 0 atom stereocenters. The highest BCUT2D eigenvalue weighted by Gasteiger charge is 2.15. The van der Waals surface area contributed by atoms with E-state index < -0.39 is 23.3 Å². The first-order chi connectivity index (χ1) is 9.42. The average molecular weight is 282 g/mol. The number of aryl methyl sites for hydroxylation is 1. The highest BCUT2D eigenvalue weighted by molar-refractivity contribution is 6.67. The summed E-state index contributed by atoms with van der Waals surface area (Å²) in [4.78, 5) is 0. The smallest absolute Gasteiger partial charge is 0.200 e. The molecule has 0 bridgehead atoms. The summed E-state index contributed by atoms with van der Waals surface area (Å²) in [6.07, 6.45) is 0. The predicted octanol–water partition coefficient (Wildman–Crippen LogP) is 1.95. The minimum Gasteiger partial charge on any atom is -0.494 e. The summed E-state index contributed by atoms with van der Waals surface area (Å²) >= 11 is 0. The second kappa shape index (κ2) is 5.57. The Balaban J connectivity index is 2.42. The van der Waals surface area contributed by atoms with Crippen molar-refractivity contribution in [1.82, 2.24) is 0 Å². The molecule has 6 heteroatoms. The number of benzene rings is 2. The quantitative estimate of drug-likeness (QED) is 0.617. The number of hydrogen-bond acceptors (Lipinski definition) is 1. The van der Waals surface area contributed by atoms with Gasteiger partial charge in [-0.3, -0.25) is 0 Å². The van der Waals surface area contributed by atoms with Gasteiger partial charge in [0.1, 0.15) is 17.5 Å². The normalized spacial score (nSPS) is 10.5. The van der Waals surface area contributed by atoms with Gasteiger partial charge in [0.25, 0.3) is 0 Å². The lowest BCUT2D eigenvalue weighted by Gasteiger charge is -2.08. The van der Waals surface area contributed by atoms with Gasteiger partial charge >= 0.3 is 0 Å². The molecule has 0 aliphatic rings. The molecule has 0 heterocycles. The molecule has 0 saturated carbocycles. The zero-order valence-electron chi connectivity index (χ0n) is 10.9. The van der Waals surface area contributed by atoms with Gasteiger partial charge in [-0.25, -0.2) is 17.6 Å². The molecular formula is C14H11BF4O. The maximum Gasteiger partial charge on any atom is 0.200 e. The summed E-state index contributed by atoms with van der Waals surface area (Å²) in [5.41, 5.74) is 0.473. The van der Waals surface area contributed by atoms with Crippen LogP contribution in [0.3, 0.4) is 0 Å². The van der Waals surface area contributed by atoms with Crippen LogP contribution in [0.25, 0.3) is 0 Å². The van der Waals surface area contributed by atoms with Crippen molar-refractivity contribution in [2.24, 2.45) is 0 Å². The third-order valence-electron chi connectivity index (χ3n) is 3.03. The Kier molecular flexibility index (Phi) is 4.02. The van der Waals surface area contributed by atoms with Gasteiger partial charge in [0, 0.05) is 12.1 Å². The maximum atomic E-state index is 13.7. The lowest BCUT2D eigenvalue weighted by atomic mass is 9.63. The van der Waals surface area contributed by atoms with Crippen LogP contribution in [0.1, 0.15) is 5.56 Å². The van der Waals surface area contributed by atoms with Gasteiger partial charge in [-0.1, -0.05) is 6.07 Å². The molecule has 20 heavy (non-hydrogen) atoms. The minimum atomic E-state index is -0.829. The Morgan fingerprint density at radius 2 is 1.35 bits per heavy atom. The van der Waals surface area contributed by atoms with Crippen molar-refractivity contribution in [2.45, 2.75) is 6.92 Å². The molecule has 2 rings (SSSR count). The van der Waals surface area contributed by atoms with Crippen LogP contribution in [-0.4, -0.2) is 14.4 Å². The highest BCUT2D eigenvalue weighted by Crippen LogP contribution is 2.15. The van der Waals surface area contributed by atoms with Crippen molar-refractivity contribution >= 4 is 18.2 Å². The lowest BCUT2D eigenvalue weighted by molar-refractivity contribution is 0.385. The predicted molar refractivity (Wildman–Crippen MR) is 70.4 cm³/mol. The number of rotatable bonds is 3. The van der Waals surface area contributed by atoms with Crippen LogP contribution in [0.2, 0.25) is 0 Å². The van der Waals surface area contributed by atoms with Crippen molar-refractivity contribution in [3.05, 3.63) is 53.1 Å². The molecule has 2 aromatic carbocycles. The van der Waals surface area contributed by atoms with Crippen molar-refractivity contribution in [3.63, 3.8) is 0 Å². The topological polar surface area (TPSA) is 9.23 Å². The minimum absolute atomic E-state index is 0.0770. The van der Waals surface area contributed by atoms with Crippen LogP contribution in [0.15, 0.2) is 24.3 Å². The molecule has 0 N–H and O–H groups in total. The summed E-state index contributed by atoms with van der Waals surface area (Å²) in [5.74, 6) is -3.19. The molecule has 0 aliphatic heterocycles. The zero-order valence-corrected chi connectivity index (χ0v) is 10.9. The van der Waals surface area contributed by atoms with Gasteiger partial charge in [-0.15, -0.1) is 0 Å². The van der Waals surface area contributed by atoms with Crippen LogP contribution in [-0.2, 0) is 0 Å². The molecule has 0 radical (unpaired) electrons. The van der Waals surface area contributed by atoms with Gasteiger partial charge in [0.15, 0.2) is 18.8 Å². The first-order valence-electron chi connectivity index (χ1n) is 5.88. The van der Waals surface area contributed by atoms with E-state index in [0.29, 0.717) is 6.07 Å². The molecular weight excluding hydrogens is 271 g/mol. The van der Waals surface area contributed by atoms with Crippen molar-refractivity contribution in [2.75, 3.05) is 7.11 Å². The standard InChI is InChI=1S/C14H11BF4O/c1-7-3-8(11(17)5-10(7)16)15-9-4-14(20-2)13(19)6-12(9)18/h3-6,15H,1-2H3. The Hall–Kier alpha value is -1.98. The summed E-state index contributed by atoms with van der Waals surface area (Å²) in [7, 11) is 1.14. The fraction of sp³-hybridized carbons (Fsp3) is 0.143. The molecule has 0 fully saturated rings. The summed E-state index contributed by atoms with van der Waals surface area (Å²) in [5, 5.41) is 0. The summed E-state index contributed by atoms with van der Waals surface area (Å²) < 4.78 is 58.5. The molecule has 0 amide bonds. The fourth-order valence-corrected chi connectivity index (χ4v) is 1.92. The van der Waals surface area contributed by atoms with Crippen LogP contribution < -0.4 is 15.7 Å². The molecule has 2 aromatic rings. The van der Waals surface area contributed by atoms with Crippen molar-refractivity contribution < 1.29 is 22.3 Å². The molecule has 0 saturated heterocycles. The monoisotopic (exact) mass is 282 g/mol. The van der Waals surface area contributed by atoms with Gasteiger partial charge < -0.3 is 4.74 Å². The first-order valence-corrected chi connectivity index (χ1v) is 5.88. The van der Waals surface area contributed by atoms with Gasteiger partial charge in [0.05, 0.1) is 7.11 Å². The van der Waals surface area contributed by atoms with E-state index in [0.717, 1.165) is 6.07 Å². The van der Waals surface area contributed by atoms with E-state index in [4.69, 9.17) is 4.74 Å².